The number of ether oxygens (including phenoxy) is 2. The van der Waals surface area contributed by atoms with Gasteiger partial charge in [0, 0.05) is 6.42 Å². The molecule has 2 aliphatic rings. The quantitative estimate of drug-likeness (QED) is 0.691. The zero-order chi connectivity index (χ0) is 10.4. The third kappa shape index (κ3) is 1.43. The standard InChI is InChI=1S/C12H12O3/c1-7-12(14-7)15-10-4-2-3-8-5-6-9(13)11(8)10/h2-4,7,12H,5-6H2,1H3. The summed E-state index contributed by atoms with van der Waals surface area (Å²) in [6.45, 7) is 1.95. The van der Waals surface area contributed by atoms with E-state index < -0.39 is 0 Å². The topological polar surface area (TPSA) is 38.8 Å². The fourth-order valence-corrected chi connectivity index (χ4v) is 1.99. The lowest BCUT2D eigenvalue weighted by Crippen LogP contribution is -2.05. The zero-order valence-corrected chi connectivity index (χ0v) is 8.53. The van der Waals surface area contributed by atoms with Gasteiger partial charge in [-0.1, -0.05) is 12.1 Å². The molecule has 3 rings (SSSR count). The fourth-order valence-electron chi connectivity index (χ4n) is 1.99. The van der Waals surface area contributed by atoms with Crippen LogP contribution in [-0.4, -0.2) is 18.2 Å². The number of benzene rings is 1. The first-order valence-electron chi connectivity index (χ1n) is 5.23. The van der Waals surface area contributed by atoms with Crippen LogP contribution in [-0.2, 0) is 11.2 Å². The lowest BCUT2D eigenvalue weighted by atomic mass is 10.1. The Bertz CT molecular complexity index is 425. The monoisotopic (exact) mass is 204 g/mol. The number of carbonyl (C=O) groups is 1. The van der Waals surface area contributed by atoms with Crippen molar-refractivity contribution in [2.75, 3.05) is 0 Å². The summed E-state index contributed by atoms with van der Waals surface area (Å²) >= 11 is 0. The van der Waals surface area contributed by atoms with E-state index in [1.165, 1.54) is 0 Å². The maximum atomic E-state index is 11.6. The molecule has 0 amide bonds. The van der Waals surface area contributed by atoms with Crippen molar-refractivity contribution in [1.82, 2.24) is 0 Å². The van der Waals surface area contributed by atoms with Gasteiger partial charge in [0.2, 0.25) is 6.29 Å². The van der Waals surface area contributed by atoms with Crippen molar-refractivity contribution in [2.24, 2.45) is 0 Å². The molecule has 1 aliphatic carbocycles. The normalized spacial score (nSPS) is 27.7. The first-order chi connectivity index (χ1) is 7.25. The summed E-state index contributed by atoms with van der Waals surface area (Å²) in [4.78, 5) is 11.6. The van der Waals surface area contributed by atoms with Crippen LogP contribution in [0.4, 0.5) is 0 Å². The second kappa shape index (κ2) is 3.07. The second-order valence-corrected chi connectivity index (χ2v) is 4.04. The maximum absolute atomic E-state index is 11.6. The highest BCUT2D eigenvalue weighted by atomic mass is 16.8. The molecule has 0 N–H and O–H groups in total. The average Bonchev–Trinajstić information content (AvgIpc) is 2.75. The first-order valence-corrected chi connectivity index (χ1v) is 5.23. The number of fused-ring (bicyclic) bond motifs is 1. The highest BCUT2D eigenvalue weighted by Crippen LogP contribution is 2.34. The first kappa shape index (κ1) is 8.92. The van der Waals surface area contributed by atoms with Crippen molar-refractivity contribution in [1.29, 1.82) is 0 Å². The van der Waals surface area contributed by atoms with Crippen LogP contribution in [0.25, 0.3) is 0 Å². The van der Waals surface area contributed by atoms with Crippen LogP contribution in [0, 0.1) is 0 Å². The molecule has 2 unspecified atom stereocenters. The largest absolute Gasteiger partial charge is 0.461 e. The molecule has 0 radical (unpaired) electrons. The summed E-state index contributed by atoms with van der Waals surface area (Å²) in [5.74, 6) is 0.873. The number of Topliss-reactive ketones (excluding diaryl/α,β-unsaturated/α-hetero) is 1. The van der Waals surface area contributed by atoms with Crippen molar-refractivity contribution in [3.05, 3.63) is 29.3 Å². The van der Waals surface area contributed by atoms with E-state index in [-0.39, 0.29) is 18.2 Å². The minimum absolute atomic E-state index is 0.150. The third-order valence-corrected chi connectivity index (χ3v) is 2.91. The molecule has 2 atom stereocenters. The Hall–Kier alpha value is -1.35. The molecule has 1 saturated heterocycles. The van der Waals surface area contributed by atoms with E-state index in [4.69, 9.17) is 9.47 Å². The van der Waals surface area contributed by atoms with Gasteiger partial charge in [0.15, 0.2) is 5.78 Å². The van der Waals surface area contributed by atoms with Gasteiger partial charge >= 0.3 is 0 Å². The molecule has 3 heteroatoms. The van der Waals surface area contributed by atoms with Crippen LogP contribution in [0.3, 0.4) is 0 Å². The number of hydrogen-bond donors (Lipinski definition) is 0. The predicted octanol–water partition coefficient (Wildman–Crippen LogP) is 1.94. The van der Waals surface area contributed by atoms with Gasteiger partial charge in [-0.15, -0.1) is 0 Å². The number of aryl methyl sites for hydroxylation is 1. The van der Waals surface area contributed by atoms with E-state index in [0.29, 0.717) is 12.2 Å². The summed E-state index contributed by atoms with van der Waals surface area (Å²) in [6.07, 6.45) is 1.44. The van der Waals surface area contributed by atoms with Crippen molar-refractivity contribution in [2.45, 2.75) is 32.2 Å². The molecular formula is C12H12O3. The highest BCUT2D eigenvalue weighted by Gasteiger charge is 2.38. The number of hydrogen-bond acceptors (Lipinski definition) is 3. The highest BCUT2D eigenvalue weighted by molar-refractivity contribution is 6.02. The maximum Gasteiger partial charge on any atom is 0.226 e. The Morgan fingerprint density at radius 1 is 1.40 bits per heavy atom. The van der Waals surface area contributed by atoms with Gasteiger partial charge in [0.25, 0.3) is 0 Å². The van der Waals surface area contributed by atoms with Gasteiger partial charge in [-0.25, -0.2) is 0 Å². The van der Waals surface area contributed by atoms with Gasteiger partial charge in [-0.3, -0.25) is 4.79 Å². The number of rotatable bonds is 2. The minimum atomic E-state index is -0.162. The van der Waals surface area contributed by atoms with Crippen LogP contribution in [0.2, 0.25) is 0 Å². The Balaban J connectivity index is 1.94. The third-order valence-electron chi connectivity index (χ3n) is 2.91. The van der Waals surface area contributed by atoms with Crippen molar-refractivity contribution in [3.63, 3.8) is 0 Å². The van der Waals surface area contributed by atoms with Crippen LogP contribution in [0.1, 0.15) is 29.3 Å². The molecule has 0 bridgehead atoms. The number of ketones is 1. The molecule has 0 saturated carbocycles. The van der Waals surface area contributed by atoms with Crippen LogP contribution < -0.4 is 4.74 Å². The minimum Gasteiger partial charge on any atom is -0.461 e. The van der Waals surface area contributed by atoms with Crippen LogP contribution >= 0.6 is 0 Å². The van der Waals surface area contributed by atoms with Crippen LogP contribution in [0.15, 0.2) is 18.2 Å². The number of carbonyl (C=O) groups excluding carboxylic acids is 1. The zero-order valence-electron chi connectivity index (χ0n) is 8.53. The Morgan fingerprint density at radius 3 is 2.93 bits per heavy atom. The van der Waals surface area contributed by atoms with E-state index in [1.54, 1.807) is 0 Å². The Kier molecular flexibility index (Phi) is 1.83. The van der Waals surface area contributed by atoms with Crippen molar-refractivity contribution < 1.29 is 14.3 Å². The van der Waals surface area contributed by atoms with Crippen molar-refractivity contribution in [3.8, 4) is 5.75 Å². The second-order valence-electron chi connectivity index (χ2n) is 4.04. The van der Waals surface area contributed by atoms with Gasteiger partial charge in [-0.2, -0.15) is 0 Å². The summed E-state index contributed by atoms with van der Waals surface area (Å²) in [6, 6.07) is 5.76. The SMILES string of the molecule is CC1OC1Oc1cccc2c1C(=O)CC2. The Morgan fingerprint density at radius 2 is 2.20 bits per heavy atom. The molecule has 1 aliphatic heterocycles. The van der Waals surface area contributed by atoms with Gasteiger partial charge < -0.3 is 9.47 Å². The Labute approximate surface area is 88.0 Å². The van der Waals surface area contributed by atoms with E-state index in [2.05, 4.69) is 0 Å². The lowest BCUT2D eigenvalue weighted by Gasteiger charge is -2.07. The van der Waals surface area contributed by atoms with Gasteiger partial charge in [0.05, 0.1) is 5.56 Å². The van der Waals surface area contributed by atoms with Gasteiger partial charge in [-0.05, 0) is 25.0 Å². The smallest absolute Gasteiger partial charge is 0.226 e. The summed E-state index contributed by atoms with van der Waals surface area (Å²) in [5.41, 5.74) is 1.87. The average molecular weight is 204 g/mol. The molecule has 1 aromatic rings. The molecule has 1 heterocycles. The van der Waals surface area contributed by atoms with E-state index in [1.807, 2.05) is 25.1 Å². The summed E-state index contributed by atoms with van der Waals surface area (Å²) in [5, 5.41) is 0. The molecule has 15 heavy (non-hydrogen) atoms. The molecule has 78 valence electrons. The molecule has 3 nitrogen and oxygen atoms in total. The lowest BCUT2D eigenvalue weighted by molar-refractivity contribution is 0.0987. The van der Waals surface area contributed by atoms with E-state index in [9.17, 15) is 4.79 Å². The molecule has 0 spiro atoms. The summed E-state index contributed by atoms with van der Waals surface area (Å²) < 4.78 is 10.8. The predicted molar refractivity (Wildman–Crippen MR) is 54.1 cm³/mol. The summed E-state index contributed by atoms with van der Waals surface area (Å²) in [7, 11) is 0. The molecule has 1 aromatic carbocycles. The number of epoxide rings is 1. The van der Waals surface area contributed by atoms with E-state index >= 15 is 0 Å². The fraction of sp³-hybridized carbons (Fsp3) is 0.417. The van der Waals surface area contributed by atoms with Gasteiger partial charge in [0.1, 0.15) is 11.9 Å². The van der Waals surface area contributed by atoms with Crippen molar-refractivity contribution >= 4 is 5.78 Å². The molecule has 1 fully saturated rings. The van der Waals surface area contributed by atoms with E-state index in [0.717, 1.165) is 17.5 Å². The van der Waals surface area contributed by atoms with Crippen LogP contribution in [0.5, 0.6) is 5.75 Å². The molecule has 0 aromatic heterocycles. The molecular weight excluding hydrogens is 192 g/mol.